The fraction of sp³-hybridized carbons (Fsp3) is 0.500. The molecule has 0 radical (unpaired) electrons. The van der Waals surface area contributed by atoms with Crippen LogP contribution in [-0.4, -0.2) is 18.9 Å². The summed E-state index contributed by atoms with van der Waals surface area (Å²) in [5, 5.41) is 6.95. The SMILES string of the molecule is Cc1cccc(C)c1NC(N)=NOC1CCCCO1. The van der Waals surface area contributed by atoms with E-state index in [0.29, 0.717) is 0 Å². The van der Waals surface area contributed by atoms with Crippen LogP contribution in [-0.2, 0) is 9.57 Å². The number of hydrogen-bond donors (Lipinski definition) is 2. The predicted octanol–water partition coefficient (Wildman–Crippen LogP) is 2.49. The number of nitrogens with two attached hydrogens (primary N) is 1. The highest BCUT2D eigenvalue weighted by Gasteiger charge is 2.14. The van der Waals surface area contributed by atoms with Crippen molar-refractivity contribution in [1.82, 2.24) is 0 Å². The van der Waals surface area contributed by atoms with Gasteiger partial charge in [-0.2, -0.15) is 0 Å². The average molecular weight is 263 g/mol. The van der Waals surface area contributed by atoms with Gasteiger partial charge in [-0.15, -0.1) is 0 Å². The van der Waals surface area contributed by atoms with Gasteiger partial charge in [-0.25, -0.2) is 0 Å². The number of anilines is 1. The third kappa shape index (κ3) is 3.86. The molecule has 0 aromatic heterocycles. The maximum atomic E-state index is 5.82. The number of hydrogen-bond acceptors (Lipinski definition) is 3. The number of oxime groups is 1. The average Bonchev–Trinajstić information content (AvgIpc) is 2.42. The van der Waals surface area contributed by atoms with Crippen molar-refractivity contribution in [3.05, 3.63) is 29.3 Å². The second-order valence-corrected chi connectivity index (χ2v) is 4.77. The van der Waals surface area contributed by atoms with Crippen molar-refractivity contribution in [2.24, 2.45) is 10.9 Å². The molecule has 1 aromatic carbocycles. The molecule has 1 aliphatic heterocycles. The molecule has 0 amide bonds. The number of para-hydroxylation sites is 1. The molecule has 1 atom stereocenters. The molecule has 0 aliphatic carbocycles. The largest absolute Gasteiger partial charge is 0.367 e. The standard InChI is InChI=1S/C14H21N3O2/c1-10-6-5-7-11(2)13(10)16-14(15)17-19-12-8-3-4-9-18-12/h5-7,12H,3-4,8-9H2,1-2H3,(H3,15,16,17). The number of nitrogens with one attached hydrogen (secondary N) is 1. The second kappa shape index (κ2) is 6.43. The van der Waals surface area contributed by atoms with Crippen molar-refractivity contribution in [2.45, 2.75) is 39.4 Å². The summed E-state index contributed by atoms with van der Waals surface area (Å²) in [6, 6.07) is 6.05. The van der Waals surface area contributed by atoms with E-state index in [1.54, 1.807) is 0 Å². The Kier molecular flexibility index (Phi) is 4.63. The third-order valence-corrected chi connectivity index (χ3v) is 3.14. The van der Waals surface area contributed by atoms with Gasteiger partial charge in [-0.3, -0.25) is 0 Å². The van der Waals surface area contributed by atoms with Crippen molar-refractivity contribution < 1.29 is 9.57 Å². The van der Waals surface area contributed by atoms with E-state index >= 15 is 0 Å². The quantitative estimate of drug-likeness (QED) is 0.499. The Bertz CT molecular complexity index is 434. The summed E-state index contributed by atoms with van der Waals surface area (Å²) in [4.78, 5) is 5.27. The van der Waals surface area contributed by atoms with E-state index in [4.69, 9.17) is 15.3 Å². The minimum Gasteiger partial charge on any atom is -0.367 e. The molecule has 1 unspecified atom stereocenters. The van der Waals surface area contributed by atoms with Crippen LogP contribution in [0.25, 0.3) is 0 Å². The Morgan fingerprint density at radius 2 is 2.11 bits per heavy atom. The highest BCUT2D eigenvalue weighted by atomic mass is 16.8. The minimum atomic E-state index is -0.271. The van der Waals surface area contributed by atoms with Gasteiger partial charge < -0.3 is 20.6 Å². The lowest BCUT2D eigenvalue weighted by Gasteiger charge is -2.20. The fourth-order valence-electron chi connectivity index (χ4n) is 2.07. The van der Waals surface area contributed by atoms with Gasteiger partial charge in [0.05, 0.1) is 6.61 Å². The van der Waals surface area contributed by atoms with Gasteiger partial charge in [0.15, 0.2) is 0 Å². The summed E-state index contributed by atoms with van der Waals surface area (Å²) < 4.78 is 5.41. The Labute approximate surface area is 113 Å². The van der Waals surface area contributed by atoms with Crippen LogP contribution in [0.1, 0.15) is 30.4 Å². The zero-order valence-electron chi connectivity index (χ0n) is 11.5. The minimum absolute atomic E-state index is 0.242. The molecule has 5 nitrogen and oxygen atoms in total. The van der Waals surface area contributed by atoms with Crippen LogP contribution < -0.4 is 11.1 Å². The van der Waals surface area contributed by atoms with Crippen LogP contribution in [0.3, 0.4) is 0 Å². The summed E-state index contributed by atoms with van der Waals surface area (Å²) >= 11 is 0. The molecular weight excluding hydrogens is 242 g/mol. The van der Waals surface area contributed by atoms with Crippen molar-refractivity contribution in [2.75, 3.05) is 11.9 Å². The van der Waals surface area contributed by atoms with E-state index < -0.39 is 0 Å². The van der Waals surface area contributed by atoms with Gasteiger partial charge in [0, 0.05) is 12.1 Å². The molecule has 19 heavy (non-hydrogen) atoms. The van der Waals surface area contributed by atoms with Crippen LogP contribution >= 0.6 is 0 Å². The molecule has 5 heteroatoms. The Balaban J connectivity index is 1.94. The number of guanidine groups is 1. The first-order chi connectivity index (χ1) is 9.16. The molecule has 1 fully saturated rings. The lowest BCUT2D eigenvalue weighted by atomic mass is 10.1. The molecule has 1 heterocycles. The van der Waals surface area contributed by atoms with Crippen LogP contribution in [0.15, 0.2) is 23.4 Å². The summed E-state index contributed by atoms with van der Waals surface area (Å²) in [7, 11) is 0. The summed E-state index contributed by atoms with van der Waals surface area (Å²) in [6.07, 6.45) is 2.77. The molecule has 0 spiro atoms. The molecule has 3 N–H and O–H groups in total. The Hall–Kier alpha value is -1.75. The van der Waals surface area contributed by atoms with Crippen LogP contribution in [0.2, 0.25) is 0 Å². The number of ether oxygens (including phenoxy) is 1. The van der Waals surface area contributed by atoms with Gasteiger partial charge in [-0.1, -0.05) is 18.2 Å². The van der Waals surface area contributed by atoms with E-state index in [0.717, 1.165) is 42.7 Å². The van der Waals surface area contributed by atoms with Crippen molar-refractivity contribution >= 4 is 11.6 Å². The molecule has 2 rings (SSSR count). The fourth-order valence-corrected chi connectivity index (χ4v) is 2.07. The topological polar surface area (TPSA) is 68.9 Å². The number of rotatable bonds is 3. The van der Waals surface area contributed by atoms with Gasteiger partial charge in [-0.05, 0) is 43.0 Å². The second-order valence-electron chi connectivity index (χ2n) is 4.77. The smallest absolute Gasteiger partial charge is 0.235 e. The molecule has 1 aliphatic rings. The molecule has 1 aromatic rings. The first-order valence-electron chi connectivity index (χ1n) is 6.61. The van der Waals surface area contributed by atoms with Crippen LogP contribution in [0.5, 0.6) is 0 Å². The molecule has 1 saturated heterocycles. The number of aryl methyl sites for hydroxylation is 2. The third-order valence-electron chi connectivity index (χ3n) is 3.14. The van der Waals surface area contributed by atoms with E-state index in [2.05, 4.69) is 10.5 Å². The number of benzene rings is 1. The van der Waals surface area contributed by atoms with Crippen LogP contribution in [0.4, 0.5) is 5.69 Å². The first-order valence-corrected chi connectivity index (χ1v) is 6.61. The zero-order valence-corrected chi connectivity index (χ0v) is 11.5. The van der Waals surface area contributed by atoms with E-state index in [1.165, 1.54) is 0 Å². The van der Waals surface area contributed by atoms with Gasteiger partial charge in [0.1, 0.15) is 0 Å². The van der Waals surface area contributed by atoms with E-state index in [1.807, 2.05) is 32.0 Å². The highest BCUT2D eigenvalue weighted by Crippen LogP contribution is 2.19. The highest BCUT2D eigenvalue weighted by molar-refractivity contribution is 5.93. The van der Waals surface area contributed by atoms with Gasteiger partial charge >= 0.3 is 0 Å². The van der Waals surface area contributed by atoms with E-state index in [-0.39, 0.29) is 12.2 Å². The van der Waals surface area contributed by atoms with Gasteiger partial charge in [0.25, 0.3) is 0 Å². The van der Waals surface area contributed by atoms with Crippen molar-refractivity contribution in [3.8, 4) is 0 Å². The summed E-state index contributed by atoms with van der Waals surface area (Å²) in [5.74, 6) is 0.242. The van der Waals surface area contributed by atoms with Crippen molar-refractivity contribution in [3.63, 3.8) is 0 Å². The number of nitrogens with zero attached hydrogens (tertiary/aromatic N) is 1. The zero-order chi connectivity index (χ0) is 13.7. The predicted molar refractivity (Wildman–Crippen MR) is 75.8 cm³/mol. The van der Waals surface area contributed by atoms with E-state index in [9.17, 15) is 0 Å². The normalized spacial score (nSPS) is 20.1. The Morgan fingerprint density at radius 3 is 2.74 bits per heavy atom. The summed E-state index contributed by atoms with van der Waals surface area (Å²) in [5.41, 5.74) is 9.02. The van der Waals surface area contributed by atoms with Crippen molar-refractivity contribution in [1.29, 1.82) is 0 Å². The summed E-state index contributed by atoms with van der Waals surface area (Å²) in [6.45, 7) is 4.77. The molecular formula is C14H21N3O2. The maximum absolute atomic E-state index is 5.82. The first kappa shape index (κ1) is 13.7. The Morgan fingerprint density at radius 1 is 1.37 bits per heavy atom. The van der Waals surface area contributed by atoms with Gasteiger partial charge in [0.2, 0.25) is 12.2 Å². The monoisotopic (exact) mass is 263 g/mol. The molecule has 0 saturated carbocycles. The van der Waals surface area contributed by atoms with Crippen LogP contribution in [0, 0.1) is 13.8 Å². The molecule has 0 bridgehead atoms. The maximum Gasteiger partial charge on any atom is 0.235 e. The lowest BCUT2D eigenvalue weighted by Crippen LogP contribution is -2.26. The lowest BCUT2D eigenvalue weighted by molar-refractivity contribution is -0.162. The molecule has 104 valence electrons.